The van der Waals surface area contributed by atoms with E-state index in [1.165, 1.54) is 4.90 Å². The number of halogens is 2. The summed E-state index contributed by atoms with van der Waals surface area (Å²) in [5.41, 5.74) is 1.43. The molecule has 2 rings (SSSR count). The predicted octanol–water partition coefficient (Wildman–Crippen LogP) is 3.71. The summed E-state index contributed by atoms with van der Waals surface area (Å²) in [5, 5.41) is 3.43. The quantitative estimate of drug-likeness (QED) is 0.759. The molecule has 0 bridgehead atoms. The molecular formula is C20H22Cl2N2O3. The molecule has 1 atom stereocenters. The first-order valence-corrected chi connectivity index (χ1v) is 9.19. The Bertz CT molecular complexity index is 789. The van der Waals surface area contributed by atoms with Crippen molar-refractivity contribution in [1.82, 2.24) is 10.2 Å². The molecule has 27 heavy (non-hydrogen) atoms. The number of ether oxygens (including phenoxy) is 1. The van der Waals surface area contributed by atoms with Gasteiger partial charge in [0, 0.05) is 23.6 Å². The van der Waals surface area contributed by atoms with Gasteiger partial charge in [-0.1, -0.05) is 41.4 Å². The van der Waals surface area contributed by atoms with Crippen LogP contribution >= 0.6 is 23.2 Å². The van der Waals surface area contributed by atoms with Gasteiger partial charge < -0.3 is 15.0 Å². The second-order valence-electron chi connectivity index (χ2n) is 6.04. The fourth-order valence-electron chi connectivity index (χ4n) is 2.67. The molecule has 0 aliphatic rings. The van der Waals surface area contributed by atoms with Crippen molar-refractivity contribution in [3.05, 3.63) is 63.6 Å². The van der Waals surface area contributed by atoms with E-state index in [4.69, 9.17) is 27.9 Å². The maximum absolute atomic E-state index is 13.0. The normalized spacial score (nSPS) is 11.6. The van der Waals surface area contributed by atoms with Gasteiger partial charge in [-0.05, 0) is 42.3 Å². The number of likely N-dealkylation sites (N-methyl/N-ethyl adjacent to an activating group) is 1. The monoisotopic (exact) mass is 408 g/mol. The predicted molar refractivity (Wildman–Crippen MR) is 107 cm³/mol. The minimum absolute atomic E-state index is 0.00992. The zero-order valence-electron chi connectivity index (χ0n) is 15.5. The van der Waals surface area contributed by atoms with Crippen molar-refractivity contribution < 1.29 is 14.3 Å². The summed E-state index contributed by atoms with van der Waals surface area (Å²) >= 11 is 12.4. The maximum atomic E-state index is 13.0. The first-order chi connectivity index (χ1) is 12.9. The van der Waals surface area contributed by atoms with Crippen LogP contribution in [0.3, 0.4) is 0 Å². The summed E-state index contributed by atoms with van der Waals surface area (Å²) in [4.78, 5) is 26.7. The minimum Gasteiger partial charge on any atom is -0.497 e. The highest BCUT2D eigenvalue weighted by Gasteiger charge is 2.26. The van der Waals surface area contributed by atoms with Crippen molar-refractivity contribution in [2.75, 3.05) is 14.2 Å². The van der Waals surface area contributed by atoms with Crippen molar-refractivity contribution in [2.24, 2.45) is 0 Å². The number of carbonyl (C=O) groups is 2. The summed E-state index contributed by atoms with van der Waals surface area (Å²) in [7, 11) is 3.13. The smallest absolute Gasteiger partial charge is 0.242 e. The highest BCUT2D eigenvalue weighted by atomic mass is 35.5. The van der Waals surface area contributed by atoms with E-state index in [0.29, 0.717) is 15.6 Å². The SMILES string of the molecule is CNC(=O)[C@H](C)N(Cc1ccc(OC)cc1)C(=O)Cc1c(Cl)cccc1Cl. The molecule has 0 aromatic heterocycles. The minimum atomic E-state index is -0.647. The van der Waals surface area contributed by atoms with Crippen LogP contribution in [0.15, 0.2) is 42.5 Å². The van der Waals surface area contributed by atoms with Gasteiger partial charge in [-0.2, -0.15) is 0 Å². The zero-order chi connectivity index (χ0) is 20.0. The molecule has 5 nitrogen and oxygen atoms in total. The van der Waals surface area contributed by atoms with Gasteiger partial charge in [0.2, 0.25) is 11.8 Å². The van der Waals surface area contributed by atoms with Crippen LogP contribution in [0.5, 0.6) is 5.75 Å². The van der Waals surface area contributed by atoms with Gasteiger partial charge in [-0.15, -0.1) is 0 Å². The molecule has 0 aliphatic carbocycles. The van der Waals surface area contributed by atoms with E-state index in [1.54, 1.807) is 39.3 Å². The molecule has 144 valence electrons. The molecule has 0 saturated heterocycles. The second-order valence-corrected chi connectivity index (χ2v) is 6.85. The summed E-state index contributed by atoms with van der Waals surface area (Å²) in [6.07, 6.45) is 0.00992. The molecule has 0 unspecified atom stereocenters. The number of methoxy groups -OCH3 is 1. The van der Waals surface area contributed by atoms with Gasteiger partial charge in [0.25, 0.3) is 0 Å². The molecule has 2 amide bonds. The van der Waals surface area contributed by atoms with Crippen LogP contribution in [-0.4, -0.2) is 36.9 Å². The lowest BCUT2D eigenvalue weighted by molar-refractivity contribution is -0.139. The van der Waals surface area contributed by atoms with Crippen LogP contribution in [-0.2, 0) is 22.6 Å². The third kappa shape index (κ3) is 5.37. The van der Waals surface area contributed by atoms with Crippen LogP contribution in [0.2, 0.25) is 10.0 Å². The first kappa shape index (κ1) is 21.1. The number of hydrogen-bond acceptors (Lipinski definition) is 3. The number of rotatable bonds is 7. The Labute approximate surface area is 169 Å². The van der Waals surface area contributed by atoms with Crippen molar-refractivity contribution in [2.45, 2.75) is 25.9 Å². The topological polar surface area (TPSA) is 58.6 Å². The number of nitrogens with one attached hydrogen (secondary N) is 1. The molecule has 0 aliphatic heterocycles. The van der Waals surface area contributed by atoms with Gasteiger partial charge >= 0.3 is 0 Å². The lowest BCUT2D eigenvalue weighted by Gasteiger charge is -2.28. The fourth-order valence-corrected chi connectivity index (χ4v) is 3.20. The number of hydrogen-bond donors (Lipinski definition) is 1. The summed E-state index contributed by atoms with van der Waals surface area (Å²) in [6, 6.07) is 11.8. The van der Waals surface area contributed by atoms with E-state index in [0.717, 1.165) is 11.3 Å². The summed E-state index contributed by atoms with van der Waals surface area (Å²) in [6.45, 7) is 1.97. The van der Waals surface area contributed by atoms with E-state index in [-0.39, 0.29) is 24.8 Å². The second kappa shape index (κ2) is 9.62. The Balaban J connectivity index is 2.27. The molecule has 2 aromatic carbocycles. The molecule has 0 saturated carbocycles. The van der Waals surface area contributed by atoms with E-state index >= 15 is 0 Å². The van der Waals surface area contributed by atoms with Crippen molar-refractivity contribution in [3.8, 4) is 5.75 Å². The molecule has 0 spiro atoms. The Morgan fingerprint density at radius 2 is 1.70 bits per heavy atom. The Morgan fingerprint density at radius 1 is 1.11 bits per heavy atom. The highest BCUT2D eigenvalue weighted by molar-refractivity contribution is 6.36. The van der Waals surface area contributed by atoms with Gasteiger partial charge in [0.05, 0.1) is 13.5 Å². The molecule has 0 radical (unpaired) electrons. The number of benzene rings is 2. The van der Waals surface area contributed by atoms with Gasteiger partial charge in [0.15, 0.2) is 0 Å². The maximum Gasteiger partial charge on any atom is 0.242 e. The fraction of sp³-hybridized carbons (Fsp3) is 0.300. The molecule has 7 heteroatoms. The first-order valence-electron chi connectivity index (χ1n) is 8.44. The van der Waals surface area contributed by atoms with E-state index in [1.807, 2.05) is 24.3 Å². The third-order valence-electron chi connectivity index (χ3n) is 4.32. The molecule has 2 aromatic rings. The van der Waals surface area contributed by atoms with E-state index in [9.17, 15) is 9.59 Å². The number of amides is 2. The molecular weight excluding hydrogens is 387 g/mol. The zero-order valence-corrected chi connectivity index (χ0v) is 17.0. The standard InChI is InChI=1S/C20H22Cl2N2O3/c1-13(20(26)23-2)24(12-14-7-9-15(27-3)10-8-14)19(25)11-16-17(21)5-4-6-18(16)22/h4-10,13H,11-12H2,1-3H3,(H,23,26)/t13-/m0/s1. The van der Waals surface area contributed by atoms with Crippen LogP contribution in [0, 0.1) is 0 Å². The summed E-state index contributed by atoms with van der Waals surface area (Å²) in [5.74, 6) is 0.234. The van der Waals surface area contributed by atoms with Gasteiger partial charge in [0.1, 0.15) is 11.8 Å². The van der Waals surface area contributed by atoms with E-state index in [2.05, 4.69) is 5.32 Å². The number of nitrogens with zero attached hydrogens (tertiary/aromatic N) is 1. The van der Waals surface area contributed by atoms with Crippen LogP contribution in [0.1, 0.15) is 18.1 Å². The number of carbonyl (C=O) groups excluding carboxylic acids is 2. The lowest BCUT2D eigenvalue weighted by Crippen LogP contribution is -2.47. The Morgan fingerprint density at radius 3 is 2.22 bits per heavy atom. The van der Waals surface area contributed by atoms with Gasteiger partial charge in [-0.3, -0.25) is 9.59 Å². The highest BCUT2D eigenvalue weighted by Crippen LogP contribution is 2.26. The third-order valence-corrected chi connectivity index (χ3v) is 5.02. The van der Waals surface area contributed by atoms with Crippen molar-refractivity contribution in [1.29, 1.82) is 0 Å². The summed E-state index contributed by atoms with van der Waals surface area (Å²) < 4.78 is 5.16. The van der Waals surface area contributed by atoms with Crippen molar-refractivity contribution in [3.63, 3.8) is 0 Å². The largest absolute Gasteiger partial charge is 0.497 e. The molecule has 1 N–H and O–H groups in total. The van der Waals surface area contributed by atoms with Crippen molar-refractivity contribution >= 4 is 35.0 Å². The Kier molecular flexibility index (Phi) is 7.51. The Hall–Kier alpha value is -2.24. The lowest BCUT2D eigenvalue weighted by atomic mass is 10.1. The van der Waals surface area contributed by atoms with Crippen LogP contribution in [0.4, 0.5) is 0 Å². The average Bonchev–Trinajstić information content (AvgIpc) is 2.68. The molecule has 0 heterocycles. The van der Waals surface area contributed by atoms with E-state index < -0.39 is 6.04 Å². The van der Waals surface area contributed by atoms with Gasteiger partial charge in [-0.25, -0.2) is 0 Å². The van der Waals surface area contributed by atoms with Crippen LogP contribution < -0.4 is 10.1 Å². The van der Waals surface area contributed by atoms with Crippen LogP contribution in [0.25, 0.3) is 0 Å². The molecule has 0 fully saturated rings. The average molecular weight is 409 g/mol.